The number of fused-ring (bicyclic) bond motifs is 1. The van der Waals surface area contributed by atoms with Crippen LogP contribution in [0.15, 0.2) is 18.2 Å². The SMILES string of the molecule is C#Cn1nc(C(C)C)c2cccc(F)c21. The maximum atomic E-state index is 13.6. The molecule has 0 amide bonds. The van der Waals surface area contributed by atoms with E-state index in [1.54, 1.807) is 6.07 Å². The van der Waals surface area contributed by atoms with Crippen molar-refractivity contribution in [2.45, 2.75) is 19.8 Å². The summed E-state index contributed by atoms with van der Waals surface area (Å²) in [4.78, 5) is 0. The van der Waals surface area contributed by atoms with Gasteiger partial charge in [-0.25, -0.2) is 4.39 Å². The fraction of sp³-hybridized carbons (Fsp3) is 0.250. The highest BCUT2D eigenvalue weighted by Gasteiger charge is 2.15. The van der Waals surface area contributed by atoms with Crippen LogP contribution in [0.2, 0.25) is 0 Å². The van der Waals surface area contributed by atoms with Gasteiger partial charge in [-0.05, 0) is 12.0 Å². The van der Waals surface area contributed by atoms with Crippen LogP contribution in [-0.2, 0) is 0 Å². The average Bonchev–Trinajstić information content (AvgIpc) is 2.58. The zero-order valence-electron chi connectivity index (χ0n) is 8.66. The molecule has 0 radical (unpaired) electrons. The van der Waals surface area contributed by atoms with E-state index in [1.165, 1.54) is 10.7 Å². The minimum Gasteiger partial charge on any atom is -0.205 e. The summed E-state index contributed by atoms with van der Waals surface area (Å²) in [6.45, 7) is 4.01. The van der Waals surface area contributed by atoms with Crippen LogP contribution in [0.25, 0.3) is 10.9 Å². The molecule has 0 saturated carbocycles. The van der Waals surface area contributed by atoms with E-state index in [2.05, 4.69) is 11.1 Å². The Balaban J connectivity index is 2.89. The molecule has 0 saturated heterocycles. The topological polar surface area (TPSA) is 17.8 Å². The minimum atomic E-state index is -0.329. The quantitative estimate of drug-likeness (QED) is 0.650. The number of nitrogens with zero attached hydrogens (tertiary/aromatic N) is 2. The van der Waals surface area contributed by atoms with Crippen LogP contribution >= 0.6 is 0 Å². The number of hydrogen-bond donors (Lipinski definition) is 0. The van der Waals surface area contributed by atoms with E-state index in [9.17, 15) is 4.39 Å². The molecule has 0 bridgehead atoms. The van der Waals surface area contributed by atoms with Gasteiger partial charge in [-0.1, -0.05) is 32.4 Å². The Morgan fingerprint density at radius 2 is 2.20 bits per heavy atom. The van der Waals surface area contributed by atoms with E-state index < -0.39 is 0 Å². The number of terminal acetylenes is 1. The summed E-state index contributed by atoms with van der Waals surface area (Å²) in [7, 11) is 0. The number of aromatic nitrogens is 2. The summed E-state index contributed by atoms with van der Waals surface area (Å²) < 4.78 is 14.8. The summed E-state index contributed by atoms with van der Waals surface area (Å²) in [5, 5.41) is 5.00. The Bertz CT molecular complexity index is 546. The van der Waals surface area contributed by atoms with Gasteiger partial charge < -0.3 is 0 Å². The average molecular weight is 202 g/mol. The molecule has 3 heteroatoms. The van der Waals surface area contributed by atoms with Gasteiger partial charge in [0.2, 0.25) is 0 Å². The summed E-state index contributed by atoms with van der Waals surface area (Å²) in [5.74, 6) is -0.103. The highest BCUT2D eigenvalue weighted by Crippen LogP contribution is 2.25. The van der Waals surface area contributed by atoms with Gasteiger partial charge in [-0.2, -0.15) is 9.78 Å². The van der Waals surface area contributed by atoms with Crippen LogP contribution in [0, 0.1) is 18.3 Å². The Morgan fingerprint density at radius 3 is 2.80 bits per heavy atom. The fourth-order valence-corrected chi connectivity index (χ4v) is 1.67. The van der Waals surface area contributed by atoms with E-state index in [1.807, 2.05) is 19.9 Å². The van der Waals surface area contributed by atoms with Crippen LogP contribution < -0.4 is 0 Å². The molecule has 0 unspecified atom stereocenters. The molecule has 1 aromatic carbocycles. The Hall–Kier alpha value is -1.82. The molecule has 0 aliphatic heterocycles. The van der Waals surface area contributed by atoms with Gasteiger partial charge in [-0.15, -0.1) is 0 Å². The fourth-order valence-electron chi connectivity index (χ4n) is 1.67. The summed E-state index contributed by atoms with van der Waals surface area (Å²) in [5.41, 5.74) is 1.23. The predicted octanol–water partition coefficient (Wildman–Crippen LogP) is 2.74. The largest absolute Gasteiger partial charge is 0.205 e. The molecule has 0 aliphatic carbocycles. The molecule has 76 valence electrons. The molecular formula is C12H11FN2. The highest BCUT2D eigenvalue weighted by molar-refractivity contribution is 5.83. The lowest BCUT2D eigenvalue weighted by Gasteiger charge is -1.98. The molecular weight excluding hydrogens is 191 g/mol. The number of benzene rings is 1. The number of rotatable bonds is 1. The molecule has 1 heterocycles. The first-order valence-electron chi connectivity index (χ1n) is 4.79. The Labute approximate surface area is 87.7 Å². The smallest absolute Gasteiger partial charge is 0.150 e. The second-order valence-electron chi connectivity index (χ2n) is 3.72. The van der Waals surface area contributed by atoms with E-state index in [4.69, 9.17) is 6.42 Å². The third-order valence-electron chi connectivity index (χ3n) is 2.35. The van der Waals surface area contributed by atoms with Crippen LogP contribution in [0.1, 0.15) is 25.5 Å². The van der Waals surface area contributed by atoms with Crippen molar-refractivity contribution in [3.8, 4) is 12.5 Å². The molecule has 0 spiro atoms. The van der Waals surface area contributed by atoms with Crippen LogP contribution in [0.3, 0.4) is 0 Å². The molecule has 0 N–H and O–H groups in total. The third-order valence-corrected chi connectivity index (χ3v) is 2.35. The van der Waals surface area contributed by atoms with Crippen LogP contribution in [0.4, 0.5) is 4.39 Å². The van der Waals surface area contributed by atoms with Gasteiger partial charge in [0, 0.05) is 11.4 Å². The standard InChI is InChI=1S/C12H11FN2/c1-4-15-12-9(6-5-7-10(12)13)11(14-15)8(2)3/h1,5-8H,2-3H3. The minimum absolute atomic E-state index is 0.226. The van der Waals surface area contributed by atoms with Crippen molar-refractivity contribution >= 4 is 10.9 Å². The van der Waals surface area contributed by atoms with Crippen molar-refractivity contribution in [2.24, 2.45) is 0 Å². The first-order chi connectivity index (χ1) is 7.15. The lowest BCUT2D eigenvalue weighted by atomic mass is 10.1. The van der Waals surface area contributed by atoms with E-state index >= 15 is 0 Å². The molecule has 1 aromatic heterocycles. The van der Waals surface area contributed by atoms with Gasteiger partial charge in [0.25, 0.3) is 0 Å². The first kappa shape index (κ1) is 9.72. The maximum Gasteiger partial charge on any atom is 0.150 e. The molecule has 2 rings (SSSR count). The van der Waals surface area contributed by atoms with Crippen molar-refractivity contribution < 1.29 is 4.39 Å². The van der Waals surface area contributed by atoms with Crippen molar-refractivity contribution in [3.63, 3.8) is 0 Å². The van der Waals surface area contributed by atoms with Gasteiger partial charge in [0.05, 0.1) is 5.69 Å². The second-order valence-corrected chi connectivity index (χ2v) is 3.72. The number of hydrogen-bond acceptors (Lipinski definition) is 1. The summed E-state index contributed by atoms with van der Waals surface area (Å²) in [6.07, 6.45) is 5.28. The number of para-hydroxylation sites is 1. The van der Waals surface area contributed by atoms with Crippen LogP contribution in [0.5, 0.6) is 0 Å². The van der Waals surface area contributed by atoms with E-state index in [-0.39, 0.29) is 11.7 Å². The first-order valence-corrected chi connectivity index (χ1v) is 4.79. The zero-order chi connectivity index (χ0) is 11.0. The number of halogens is 1. The van der Waals surface area contributed by atoms with Crippen molar-refractivity contribution in [1.29, 1.82) is 0 Å². The van der Waals surface area contributed by atoms with Gasteiger partial charge in [-0.3, -0.25) is 0 Å². The van der Waals surface area contributed by atoms with E-state index in [0.717, 1.165) is 11.1 Å². The summed E-state index contributed by atoms with van der Waals surface area (Å²) >= 11 is 0. The molecule has 2 aromatic rings. The zero-order valence-corrected chi connectivity index (χ0v) is 8.66. The second kappa shape index (κ2) is 3.39. The molecule has 15 heavy (non-hydrogen) atoms. The van der Waals surface area contributed by atoms with Gasteiger partial charge >= 0.3 is 0 Å². The van der Waals surface area contributed by atoms with Gasteiger partial charge in [0.15, 0.2) is 0 Å². The van der Waals surface area contributed by atoms with E-state index in [0.29, 0.717) is 5.52 Å². The normalized spacial score (nSPS) is 10.9. The molecule has 2 nitrogen and oxygen atoms in total. The summed E-state index contributed by atoms with van der Waals surface area (Å²) in [6, 6.07) is 7.26. The van der Waals surface area contributed by atoms with Gasteiger partial charge in [0.1, 0.15) is 11.3 Å². The monoisotopic (exact) mass is 202 g/mol. The lowest BCUT2D eigenvalue weighted by molar-refractivity contribution is 0.632. The molecule has 0 fully saturated rings. The van der Waals surface area contributed by atoms with Crippen molar-refractivity contribution in [3.05, 3.63) is 29.7 Å². The molecule has 0 atom stereocenters. The lowest BCUT2D eigenvalue weighted by Crippen LogP contribution is -1.94. The van der Waals surface area contributed by atoms with Crippen LogP contribution in [-0.4, -0.2) is 9.78 Å². The van der Waals surface area contributed by atoms with Crippen molar-refractivity contribution in [1.82, 2.24) is 9.78 Å². The molecule has 0 aliphatic rings. The predicted molar refractivity (Wildman–Crippen MR) is 58.0 cm³/mol. The Kier molecular flexibility index (Phi) is 2.20. The highest BCUT2D eigenvalue weighted by atomic mass is 19.1. The Morgan fingerprint density at radius 1 is 1.47 bits per heavy atom. The third kappa shape index (κ3) is 1.39. The van der Waals surface area contributed by atoms with Crippen molar-refractivity contribution in [2.75, 3.05) is 0 Å². The maximum absolute atomic E-state index is 13.6.